The van der Waals surface area contributed by atoms with Crippen LogP contribution in [0.2, 0.25) is 0 Å². The van der Waals surface area contributed by atoms with Crippen LogP contribution in [0.25, 0.3) is 28.0 Å². The molecule has 2 amide bonds. The van der Waals surface area contributed by atoms with Crippen molar-refractivity contribution in [2.75, 3.05) is 32.4 Å². The maximum atomic E-state index is 13.5. The number of thioether (sulfide) groups is 1. The van der Waals surface area contributed by atoms with Crippen LogP contribution < -0.4 is 0 Å². The van der Waals surface area contributed by atoms with Gasteiger partial charge in [-0.25, -0.2) is 14.8 Å². The summed E-state index contributed by atoms with van der Waals surface area (Å²) < 4.78 is 7.36. The van der Waals surface area contributed by atoms with E-state index in [2.05, 4.69) is 16.0 Å². The van der Waals surface area contributed by atoms with Gasteiger partial charge in [-0.05, 0) is 45.2 Å². The summed E-state index contributed by atoms with van der Waals surface area (Å²) in [5, 5.41) is 10.5. The van der Waals surface area contributed by atoms with E-state index in [1.54, 1.807) is 40.0 Å². The van der Waals surface area contributed by atoms with Crippen molar-refractivity contribution < 1.29 is 14.3 Å². The molecule has 1 aliphatic heterocycles. The van der Waals surface area contributed by atoms with Gasteiger partial charge in [-0.1, -0.05) is 24.3 Å². The molecule has 0 bridgehead atoms. The predicted octanol–water partition coefficient (Wildman–Crippen LogP) is 5.37. The van der Waals surface area contributed by atoms with Crippen molar-refractivity contribution in [2.45, 2.75) is 31.3 Å². The Morgan fingerprint density at radius 1 is 1.00 bits per heavy atom. The molecule has 1 fully saturated rings. The average molecular weight is 555 g/mol. The van der Waals surface area contributed by atoms with Gasteiger partial charge < -0.3 is 14.5 Å². The summed E-state index contributed by atoms with van der Waals surface area (Å²) in [4.78, 5) is 39.5. The quantitative estimate of drug-likeness (QED) is 0.312. The normalized spacial score (nSPS) is 13.8. The van der Waals surface area contributed by atoms with E-state index < -0.39 is 5.60 Å². The molecule has 1 saturated heterocycles. The van der Waals surface area contributed by atoms with Crippen molar-refractivity contribution in [3.63, 3.8) is 0 Å². The molecule has 5 rings (SSSR count). The monoisotopic (exact) mass is 554 g/mol. The number of ether oxygens (including phenoxy) is 1. The summed E-state index contributed by atoms with van der Waals surface area (Å²) in [7, 11) is 0. The lowest BCUT2D eigenvalue weighted by molar-refractivity contribution is 0.0141. The maximum absolute atomic E-state index is 13.5. The zero-order valence-electron chi connectivity index (χ0n) is 22.9. The number of rotatable bonds is 4. The third-order valence-electron chi connectivity index (χ3n) is 6.67. The molecule has 2 aromatic heterocycles. The Hall–Kier alpha value is -4.36. The molecule has 2 aromatic carbocycles. The maximum Gasteiger partial charge on any atom is 0.410 e. The van der Waals surface area contributed by atoms with E-state index in [0.717, 1.165) is 26.9 Å². The molecule has 0 aliphatic carbocycles. The van der Waals surface area contributed by atoms with Gasteiger partial charge in [0.25, 0.3) is 5.91 Å². The first-order valence-corrected chi connectivity index (χ1v) is 14.2. The fourth-order valence-corrected chi connectivity index (χ4v) is 5.28. The summed E-state index contributed by atoms with van der Waals surface area (Å²) in [5.41, 5.74) is 2.92. The van der Waals surface area contributed by atoms with E-state index in [4.69, 9.17) is 4.74 Å². The van der Waals surface area contributed by atoms with Crippen molar-refractivity contribution in [1.29, 1.82) is 5.26 Å². The Bertz CT molecular complexity index is 1610. The molecule has 10 heteroatoms. The Balaban J connectivity index is 1.39. The number of hydrogen-bond acceptors (Lipinski definition) is 7. The van der Waals surface area contributed by atoms with Gasteiger partial charge in [0.2, 0.25) is 5.95 Å². The number of nitriles is 1. The zero-order valence-corrected chi connectivity index (χ0v) is 23.7. The van der Waals surface area contributed by atoms with E-state index in [1.807, 2.05) is 74.2 Å². The Kier molecular flexibility index (Phi) is 7.50. The van der Waals surface area contributed by atoms with E-state index in [-0.39, 0.29) is 12.0 Å². The van der Waals surface area contributed by atoms with Crippen LogP contribution in [0.1, 0.15) is 36.7 Å². The van der Waals surface area contributed by atoms with Crippen LogP contribution in [-0.4, -0.2) is 74.4 Å². The lowest BCUT2D eigenvalue weighted by Gasteiger charge is -2.35. The first kappa shape index (κ1) is 27.2. The van der Waals surface area contributed by atoms with Gasteiger partial charge in [0.05, 0.1) is 17.1 Å². The molecule has 0 N–H and O–H groups in total. The molecule has 0 saturated carbocycles. The number of amides is 2. The summed E-state index contributed by atoms with van der Waals surface area (Å²) in [6.45, 7) is 7.23. The Morgan fingerprint density at radius 3 is 2.33 bits per heavy atom. The second kappa shape index (κ2) is 11.0. The zero-order chi connectivity index (χ0) is 28.4. The van der Waals surface area contributed by atoms with Gasteiger partial charge in [-0.3, -0.25) is 9.36 Å². The second-order valence-electron chi connectivity index (χ2n) is 10.5. The minimum absolute atomic E-state index is 0.0893. The number of aromatic nitrogens is 3. The standard InChI is InChI=1S/C30H30N6O3S/c1-30(2,3)39-29(38)35-13-11-34(12-14-35)27(37)20-9-10-24-25(15-20)36(19-26(24)40-4)28-32-17-22(18-33-28)23-8-6-5-7-21(23)16-31/h5-10,15,17-19H,11-14H2,1-4H3. The Labute approximate surface area is 237 Å². The Morgan fingerprint density at radius 2 is 1.68 bits per heavy atom. The number of carbonyl (C=O) groups is 2. The third-order valence-corrected chi connectivity index (χ3v) is 7.43. The van der Waals surface area contributed by atoms with E-state index in [1.165, 1.54) is 0 Å². The third kappa shape index (κ3) is 5.51. The van der Waals surface area contributed by atoms with Crippen LogP contribution in [0.5, 0.6) is 0 Å². The molecule has 0 atom stereocenters. The molecular weight excluding hydrogens is 524 g/mol. The van der Waals surface area contributed by atoms with Crippen molar-refractivity contribution in [3.05, 3.63) is 72.2 Å². The van der Waals surface area contributed by atoms with Crippen LogP contribution in [0, 0.1) is 11.3 Å². The summed E-state index contributed by atoms with van der Waals surface area (Å²) >= 11 is 1.61. The highest BCUT2D eigenvalue weighted by atomic mass is 32.2. The number of benzene rings is 2. The van der Waals surface area contributed by atoms with Crippen LogP contribution in [0.15, 0.2) is 66.0 Å². The summed E-state index contributed by atoms with van der Waals surface area (Å²) in [6, 6.07) is 15.2. The summed E-state index contributed by atoms with van der Waals surface area (Å²) in [5.74, 6) is 0.382. The molecule has 0 radical (unpaired) electrons. The van der Waals surface area contributed by atoms with Crippen molar-refractivity contribution in [3.8, 4) is 23.1 Å². The average Bonchev–Trinajstić information content (AvgIpc) is 3.34. The van der Waals surface area contributed by atoms with Gasteiger partial charge in [-0.2, -0.15) is 5.26 Å². The van der Waals surface area contributed by atoms with E-state index in [9.17, 15) is 14.9 Å². The molecule has 40 heavy (non-hydrogen) atoms. The molecule has 4 aromatic rings. The van der Waals surface area contributed by atoms with Gasteiger partial charge in [0.15, 0.2) is 0 Å². The number of piperazine rings is 1. The summed E-state index contributed by atoms with van der Waals surface area (Å²) in [6.07, 6.45) is 7.04. The lowest BCUT2D eigenvalue weighted by Crippen LogP contribution is -2.51. The molecule has 9 nitrogen and oxygen atoms in total. The molecule has 3 heterocycles. The minimum atomic E-state index is -0.560. The van der Waals surface area contributed by atoms with Gasteiger partial charge >= 0.3 is 6.09 Å². The van der Waals surface area contributed by atoms with Gasteiger partial charge in [0.1, 0.15) is 5.60 Å². The number of fused-ring (bicyclic) bond motifs is 1. The highest BCUT2D eigenvalue weighted by Crippen LogP contribution is 2.31. The van der Waals surface area contributed by atoms with Crippen molar-refractivity contribution in [2.24, 2.45) is 0 Å². The predicted molar refractivity (Wildman–Crippen MR) is 155 cm³/mol. The van der Waals surface area contributed by atoms with Crippen LogP contribution in [-0.2, 0) is 4.74 Å². The number of carbonyl (C=O) groups excluding carboxylic acids is 2. The largest absolute Gasteiger partial charge is 0.444 e. The fraction of sp³-hybridized carbons (Fsp3) is 0.300. The van der Waals surface area contributed by atoms with Crippen molar-refractivity contribution >= 4 is 34.7 Å². The molecule has 204 valence electrons. The van der Waals surface area contributed by atoms with Gasteiger partial charge in [0, 0.05) is 71.7 Å². The smallest absolute Gasteiger partial charge is 0.410 e. The highest BCUT2D eigenvalue weighted by Gasteiger charge is 2.28. The molecule has 1 aliphatic rings. The SMILES string of the molecule is CSc1cn(-c2ncc(-c3ccccc3C#N)cn2)c2cc(C(=O)N3CCN(C(=O)OC(C)(C)C)CC3)ccc12. The number of hydrogen-bond donors (Lipinski definition) is 0. The molecule has 0 unspecified atom stereocenters. The first-order valence-electron chi connectivity index (χ1n) is 13.0. The second-order valence-corrected chi connectivity index (χ2v) is 11.3. The topological polar surface area (TPSA) is 104 Å². The van der Waals surface area contributed by atoms with Crippen molar-refractivity contribution in [1.82, 2.24) is 24.3 Å². The van der Waals surface area contributed by atoms with E-state index in [0.29, 0.717) is 43.3 Å². The highest BCUT2D eigenvalue weighted by molar-refractivity contribution is 7.98. The van der Waals surface area contributed by atoms with Gasteiger partial charge in [-0.15, -0.1) is 11.8 Å². The van der Waals surface area contributed by atoms with Crippen LogP contribution >= 0.6 is 11.8 Å². The minimum Gasteiger partial charge on any atom is -0.444 e. The van der Waals surface area contributed by atoms with Crippen LogP contribution in [0.4, 0.5) is 4.79 Å². The van der Waals surface area contributed by atoms with E-state index >= 15 is 0 Å². The van der Waals surface area contributed by atoms with Crippen LogP contribution in [0.3, 0.4) is 0 Å². The fourth-order valence-electron chi connectivity index (χ4n) is 4.68. The number of nitrogens with zero attached hydrogens (tertiary/aromatic N) is 6. The first-order chi connectivity index (χ1) is 19.2. The lowest BCUT2D eigenvalue weighted by atomic mass is 10.0. The molecular formula is C30H30N6O3S. The molecule has 0 spiro atoms.